The minimum absolute atomic E-state index is 0.171. The van der Waals surface area contributed by atoms with Crippen molar-refractivity contribution in [3.8, 4) is 0 Å². The van der Waals surface area contributed by atoms with E-state index in [1.54, 1.807) is 25.1 Å². The van der Waals surface area contributed by atoms with Crippen LogP contribution in [0.1, 0.15) is 30.7 Å². The van der Waals surface area contributed by atoms with Crippen molar-refractivity contribution in [1.82, 2.24) is 10.3 Å². The van der Waals surface area contributed by atoms with Gasteiger partial charge in [-0.3, -0.25) is 4.79 Å². The first-order chi connectivity index (χ1) is 9.86. The van der Waals surface area contributed by atoms with E-state index in [1.165, 1.54) is 0 Å². The van der Waals surface area contributed by atoms with Crippen LogP contribution in [0.2, 0.25) is 0 Å². The highest BCUT2D eigenvalue weighted by Crippen LogP contribution is 2.19. The highest BCUT2D eigenvalue weighted by molar-refractivity contribution is 9.10. The van der Waals surface area contributed by atoms with Gasteiger partial charge in [0.05, 0.1) is 12.2 Å². The summed E-state index contributed by atoms with van der Waals surface area (Å²) in [5, 5.41) is 12.2. The molecule has 8 heteroatoms. The van der Waals surface area contributed by atoms with Crippen molar-refractivity contribution in [2.75, 3.05) is 5.73 Å². The number of hydrogen-bond donors (Lipinski definition) is 3. The van der Waals surface area contributed by atoms with Crippen LogP contribution in [-0.4, -0.2) is 22.0 Å². The number of benzene rings is 1. The lowest BCUT2D eigenvalue weighted by Crippen LogP contribution is -2.22. The number of nitrogens with zero attached hydrogens (tertiary/aromatic N) is 1. The average molecular weight is 370 g/mol. The number of carboxylic acid groups (broad SMARTS) is 1. The third-order valence-corrected chi connectivity index (χ3v) is 4.22. The summed E-state index contributed by atoms with van der Waals surface area (Å²) in [6, 6.07) is 4.91. The monoisotopic (exact) mass is 369 g/mol. The van der Waals surface area contributed by atoms with Crippen molar-refractivity contribution in [1.29, 1.82) is 0 Å². The Kier molecular flexibility index (Phi) is 4.59. The second-order valence-electron chi connectivity index (χ2n) is 4.28. The number of nitrogen functional groups attached to an aromatic ring is 1. The summed E-state index contributed by atoms with van der Waals surface area (Å²) in [4.78, 5) is 27.3. The van der Waals surface area contributed by atoms with E-state index in [0.717, 1.165) is 11.3 Å². The van der Waals surface area contributed by atoms with Crippen LogP contribution in [-0.2, 0) is 6.54 Å². The van der Waals surface area contributed by atoms with Crippen molar-refractivity contribution < 1.29 is 14.7 Å². The molecule has 2 aromatic rings. The minimum atomic E-state index is -1.01. The number of aryl methyl sites for hydroxylation is 1. The highest BCUT2D eigenvalue weighted by Gasteiger charge is 2.15. The van der Waals surface area contributed by atoms with Crippen LogP contribution in [0.5, 0.6) is 0 Å². The molecule has 0 unspecified atom stereocenters. The van der Waals surface area contributed by atoms with Gasteiger partial charge >= 0.3 is 5.97 Å². The van der Waals surface area contributed by atoms with E-state index in [2.05, 4.69) is 26.2 Å². The number of nitrogens with two attached hydrogens (primary N) is 1. The Balaban J connectivity index is 2.07. The van der Waals surface area contributed by atoms with Gasteiger partial charge < -0.3 is 16.2 Å². The molecule has 0 bridgehead atoms. The van der Waals surface area contributed by atoms with Crippen LogP contribution in [0.3, 0.4) is 0 Å². The predicted molar refractivity (Wildman–Crippen MR) is 83.5 cm³/mol. The molecule has 110 valence electrons. The number of aromatic carboxylic acids is 1. The molecule has 1 amide bonds. The molecule has 0 aliphatic carbocycles. The molecule has 4 N–H and O–H groups in total. The first-order valence-corrected chi connectivity index (χ1v) is 7.51. The number of halogens is 1. The van der Waals surface area contributed by atoms with Crippen LogP contribution in [0.15, 0.2) is 22.7 Å². The van der Waals surface area contributed by atoms with E-state index in [9.17, 15) is 9.59 Å². The van der Waals surface area contributed by atoms with E-state index >= 15 is 0 Å². The second kappa shape index (κ2) is 6.23. The van der Waals surface area contributed by atoms with Crippen molar-refractivity contribution in [2.45, 2.75) is 13.5 Å². The van der Waals surface area contributed by atoms with E-state index in [1.807, 2.05) is 0 Å². The minimum Gasteiger partial charge on any atom is -0.477 e. The van der Waals surface area contributed by atoms with Crippen LogP contribution in [0.25, 0.3) is 0 Å². The normalized spacial score (nSPS) is 10.4. The molecule has 0 spiro atoms. The molecule has 0 saturated heterocycles. The fourth-order valence-corrected chi connectivity index (χ4v) is 3.08. The zero-order valence-corrected chi connectivity index (χ0v) is 13.4. The molecule has 21 heavy (non-hydrogen) atoms. The summed E-state index contributed by atoms with van der Waals surface area (Å²) in [5.74, 6) is -1.31. The number of carbonyl (C=O) groups excluding carboxylic acids is 1. The van der Waals surface area contributed by atoms with Gasteiger partial charge in [0.15, 0.2) is 0 Å². The maximum atomic E-state index is 12.0. The van der Waals surface area contributed by atoms with E-state index < -0.39 is 5.97 Å². The van der Waals surface area contributed by atoms with Gasteiger partial charge in [-0.25, -0.2) is 9.78 Å². The van der Waals surface area contributed by atoms with Gasteiger partial charge in [0, 0.05) is 15.7 Å². The Morgan fingerprint density at radius 1 is 1.43 bits per heavy atom. The van der Waals surface area contributed by atoms with Gasteiger partial charge in [-0.1, -0.05) is 15.9 Å². The molecule has 0 aliphatic rings. The number of carbonyl (C=O) groups is 2. The van der Waals surface area contributed by atoms with Crippen LogP contribution in [0, 0.1) is 6.92 Å². The molecule has 2 rings (SSSR count). The quantitative estimate of drug-likeness (QED) is 0.717. The van der Waals surface area contributed by atoms with Gasteiger partial charge in [0.1, 0.15) is 9.88 Å². The van der Waals surface area contributed by atoms with Crippen molar-refractivity contribution in [2.24, 2.45) is 0 Å². The molecular formula is C13H12BrN3O3S. The lowest BCUT2D eigenvalue weighted by Gasteiger charge is -2.05. The molecule has 0 radical (unpaired) electrons. The summed E-state index contributed by atoms with van der Waals surface area (Å²) in [6.07, 6.45) is 0. The number of carboxylic acids is 1. The second-order valence-corrected chi connectivity index (χ2v) is 6.28. The first kappa shape index (κ1) is 15.5. The molecule has 0 saturated carbocycles. The summed E-state index contributed by atoms with van der Waals surface area (Å²) >= 11 is 4.32. The first-order valence-electron chi connectivity index (χ1n) is 5.90. The van der Waals surface area contributed by atoms with E-state index in [0.29, 0.717) is 26.4 Å². The Bertz CT molecular complexity index is 694. The van der Waals surface area contributed by atoms with Gasteiger partial charge in [-0.2, -0.15) is 0 Å². The van der Waals surface area contributed by atoms with Crippen molar-refractivity contribution >= 4 is 44.8 Å². The highest BCUT2D eigenvalue weighted by atomic mass is 79.9. The standard InChI is InChI=1S/C13H12BrN3O3S/c1-6-11(13(19)20)21-10(17-6)5-16-12(18)7-2-8(14)4-9(15)3-7/h2-4H,5,15H2,1H3,(H,16,18)(H,19,20). The molecule has 1 heterocycles. The zero-order chi connectivity index (χ0) is 15.6. The summed E-state index contributed by atoms with van der Waals surface area (Å²) in [6.45, 7) is 1.80. The Hall–Kier alpha value is -1.93. The van der Waals surface area contributed by atoms with Crippen LogP contribution >= 0.6 is 27.3 Å². The molecular weight excluding hydrogens is 358 g/mol. The van der Waals surface area contributed by atoms with Gasteiger partial charge in [0.2, 0.25) is 0 Å². The van der Waals surface area contributed by atoms with E-state index in [-0.39, 0.29) is 17.3 Å². The number of hydrogen-bond acceptors (Lipinski definition) is 5. The lowest BCUT2D eigenvalue weighted by atomic mass is 10.2. The van der Waals surface area contributed by atoms with Gasteiger partial charge in [-0.05, 0) is 25.1 Å². The molecule has 0 fully saturated rings. The summed E-state index contributed by atoms with van der Waals surface area (Å²) < 4.78 is 0.714. The lowest BCUT2D eigenvalue weighted by molar-refractivity contribution is 0.0701. The maximum absolute atomic E-state index is 12.0. The third kappa shape index (κ3) is 3.79. The smallest absolute Gasteiger partial charge is 0.347 e. The number of rotatable bonds is 4. The topological polar surface area (TPSA) is 105 Å². The number of nitrogens with one attached hydrogen (secondary N) is 1. The molecule has 6 nitrogen and oxygen atoms in total. The fraction of sp³-hybridized carbons (Fsp3) is 0.154. The fourth-order valence-electron chi connectivity index (χ4n) is 1.73. The molecule has 0 atom stereocenters. The number of amides is 1. The van der Waals surface area contributed by atoms with Gasteiger partial charge in [-0.15, -0.1) is 11.3 Å². The molecule has 1 aromatic carbocycles. The molecule has 0 aliphatic heterocycles. The largest absolute Gasteiger partial charge is 0.477 e. The van der Waals surface area contributed by atoms with Gasteiger partial charge in [0.25, 0.3) is 5.91 Å². The molecule has 1 aromatic heterocycles. The van der Waals surface area contributed by atoms with Crippen LogP contribution in [0.4, 0.5) is 5.69 Å². The number of anilines is 1. The van der Waals surface area contributed by atoms with Crippen molar-refractivity contribution in [3.63, 3.8) is 0 Å². The number of aromatic nitrogens is 1. The maximum Gasteiger partial charge on any atom is 0.347 e. The van der Waals surface area contributed by atoms with Crippen LogP contribution < -0.4 is 11.1 Å². The Morgan fingerprint density at radius 3 is 2.71 bits per heavy atom. The predicted octanol–water partition coefficient (Wildman–Crippen LogP) is 2.42. The van der Waals surface area contributed by atoms with Crippen molar-refractivity contribution in [3.05, 3.63) is 43.8 Å². The number of thiazole rings is 1. The summed E-state index contributed by atoms with van der Waals surface area (Å²) in [7, 11) is 0. The third-order valence-electron chi connectivity index (χ3n) is 2.62. The average Bonchev–Trinajstić information content (AvgIpc) is 2.76. The van der Waals surface area contributed by atoms with E-state index in [4.69, 9.17) is 10.8 Å². The SMILES string of the molecule is Cc1nc(CNC(=O)c2cc(N)cc(Br)c2)sc1C(=O)O. The Labute approximate surface area is 133 Å². The zero-order valence-electron chi connectivity index (χ0n) is 11.0. The Morgan fingerprint density at radius 2 is 2.14 bits per heavy atom. The summed E-state index contributed by atoms with van der Waals surface area (Å²) in [5.41, 5.74) is 7.03.